The number of nitrogens with zero attached hydrogens (tertiary/aromatic N) is 2. The van der Waals surface area contributed by atoms with Crippen LogP contribution in [0.5, 0.6) is 0 Å². The summed E-state index contributed by atoms with van der Waals surface area (Å²) >= 11 is 0. The minimum absolute atomic E-state index is 0.151. The fourth-order valence-electron chi connectivity index (χ4n) is 2.58. The molecule has 0 aromatic carbocycles. The van der Waals surface area contributed by atoms with Crippen molar-refractivity contribution in [3.8, 4) is 0 Å². The number of pyridine rings is 1. The monoisotopic (exact) mass is 279 g/mol. The molecule has 6 nitrogen and oxygen atoms in total. The van der Waals surface area contributed by atoms with Crippen LogP contribution in [0.15, 0.2) is 6.20 Å². The summed E-state index contributed by atoms with van der Waals surface area (Å²) in [4.78, 5) is 15.0. The summed E-state index contributed by atoms with van der Waals surface area (Å²) in [6, 6.07) is 0. The van der Waals surface area contributed by atoms with E-state index in [0.717, 1.165) is 13.1 Å². The first-order chi connectivity index (χ1) is 9.59. The van der Waals surface area contributed by atoms with E-state index < -0.39 is 0 Å². The third-order valence-electron chi connectivity index (χ3n) is 3.75. The number of piperidine rings is 1. The molecule has 2 rings (SSSR count). The van der Waals surface area contributed by atoms with Crippen molar-refractivity contribution in [2.45, 2.75) is 33.3 Å². The lowest BCUT2D eigenvalue weighted by molar-refractivity contribution is -0.386. The molecule has 1 N–H and O–H groups in total. The molecule has 1 aromatic heterocycles. The maximum Gasteiger partial charge on any atom is 0.278 e. The van der Waals surface area contributed by atoms with Crippen LogP contribution < -0.4 is 5.32 Å². The normalized spacial score (nSPS) is 19.0. The Morgan fingerprint density at radius 3 is 3.00 bits per heavy atom. The zero-order valence-electron chi connectivity index (χ0n) is 12.0. The Labute approximate surface area is 118 Å². The molecule has 20 heavy (non-hydrogen) atoms. The van der Waals surface area contributed by atoms with E-state index in [4.69, 9.17) is 4.74 Å². The van der Waals surface area contributed by atoms with Gasteiger partial charge in [0, 0.05) is 18.3 Å². The molecule has 0 saturated carbocycles. The highest BCUT2D eigenvalue weighted by Crippen LogP contribution is 2.24. The van der Waals surface area contributed by atoms with Gasteiger partial charge >= 0.3 is 0 Å². The molecule has 1 aliphatic rings. The van der Waals surface area contributed by atoms with Gasteiger partial charge in [-0.05, 0) is 39.2 Å². The van der Waals surface area contributed by atoms with E-state index in [1.165, 1.54) is 12.8 Å². The molecule has 0 bridgehead atoms. The summed E-state index contributed by atoms with van der Waals surface area (Å²) < 4.78 is 5.69. The molecule has 1 fully saturated rings. The van der Waals surface area contributed by atoms with Crippen LogP contribution in [0.3, 0.4) is 0 Å². The predicted octanol–water partition coefficient (Wildman–Crippen LogP) is 2.12. The molecule has 6 heteroatoms. The maximum atomic E-state index is 11.0. The lowest BCUT2D eigenvalue weighted by atomic mass is 10.0. The summed E-state index contributed by atoms with van der Waals surface area (Å²) in [6.45, 7) is 6.52. The SMILES string of the molecule is Cc1cnc(COCC2CCCNC2)c(C)c1[N+](=O)[O-]. The Balaban J connectivity index is 1.95. The van der Waals surface area contributed by atoms with Crippen molar-refractivity contribution >= 4 is 5.69 Å². The van der Waals surface area contributed by atoms with Crippen molar-refractivity contribution in [1.29, 1.82) is 0 Å². The van der Waals surface area contributed by atoms with Gasteiger partial charge in [0.1, 0.15) is 0 Å². The molecule has 1 aromatic rings. The highest BCUT2D eigenvalue weighted by atomic mass is 16.6. The van der Waals surface area contributed by atoms with Crippen molar-refractivity contribution < 1.29 is 9.66 Å². The van der Waals surface area contributed by atoms with Crippen molar-refractivity contribution in [2.75, 3.05) is 19.7 Å². The van der Waals surface area contributed by atoms with Gasteiger partial charge < -0.3 is 10.1 Å². The highest BCUT2D eigenvalue weighted by molar-refractivity contribution is 5.47. The predicted molar refractivity (Wildman–Crippen MR) is 75.6 cm³/mol. The molecule has 1 unspecified atom stereocenters. The van der Waals surface area contributed by atoms with Gasteiger partial charge in [-0.25, -0.2) is 0 Å². The third kappa shape index (κ3) is 3.52. The topological polar surface area (TPSA) is 77.3 Å². The number of ether oxygens (including phenoxy) is 1. The van der Waals surface area contributed by atoms with Crippen LogP contribution in [-0.2, 0) is 11.3 Å². The summed E-state index contributed by atoms with van der Waals surface area (Å²) in [5, 5.41) is 14.4. The van der Waals surface area contributed by atoms with Crippen molar-refractivity contribution in [3.05, 3.63) is 33.1 Å². The van der Waals surface area contributed by atoms with Crippen LogP contribution in [-0.4, -0.2) is 29.6 Å². The second kappa shape index (κ2) is 6.76. The fraction of sp³-hybridized carbons (Fsp3) is 0.643. The average Bonchev–Trinajstić information content (AvgIpc) is 2.42. The molecule has 1 atom stereocenters. The summed E-state index contributed by atoms with van der Waals surface area (Å²) in [7, 11) is 0. The first kappa shape index (κ1) is 14.9. The van der Waals surface area contributed by atoms with Crippen molar-refractivity contribution in [3.63, 3.8) is 0 Å². The fourth-order valence-corrected chi connectivity index (χ4v) is 2.58. The smallest absolute Gasteiger partial charge is 0.278 e. The molecular formula is C14H21N3O3. The average molecular weight is 279 g/mol. The second-order valence-electron chi connectivity index (χ2n) is 5.35. The van der Waals surface area contributed by atoms with E-state index in [1.807, 2.05) is 0 Å². The molecular weight excluding hydrogens is 258 g/mol. The largest absolute Gasteiger partial charge is 0.375 e. The Bertz CT molecular complexity index is 485. The zero-order valence-corrected chi connectivity index (χ0v) is 12.0. The number of aromatic nitrogens is 1. The standard InChI is InChI=1S/C14H21N3O3/c1-10-6-16-13(11(2)14(10)17(18)19)9-20-8-12-4-3-5-15-7-12/h6,12,15H,3-5,7-9H2,1-2H3. The van der Waals surface area contributed by atoms with Gasteiger partial charge in [-0.15, -0.1) is 0 Å². The van der Waals surface area contributed by atoms with Crippen LogP contribution in [0.4, 0.5) is 5.69 Å². The number of hydrogen-bond donors (Lipinski definition) is 1. The molecule has 0 spiro atoms. The van der Waals surface area contributed by atoms with E-state index in [2.05, 4.69) is 10.3 Å². The number of nitro groups is 1. The molecule has 110 valence electrons. The van der Waals surface area contributed by atoms with E-state index in [1.54, 1.807) is 20.0 Å². The van der Waals surface area contributed by atoms with Gasteiger partial charge in [0.05, 0.1) is 29.4 Å². The molecule has 1 aliphatic heterocycles. The van der Waals surface area contributed by atoms with Crippen LogP contribution in [0.2, 0.25) is 0 Å². The lowest BCUT2D eigenvalue weighted by Crippen LogP contribution is -2.32. The molecule has 0 aliphatic carbocycles. The first-order valence-corrected chi connectivity index (χ1v) is 6.97. The summed E-state index contributed by atoms with van der Waals surface area (Å²) in [5.74, 6) is 0.532. The van der Waals surface area contributed by atoms with Crippen LogP contribution >= 0.6 is 0 Å². The lowest BCUT2D eigenvalue weighted by Gasteiger charge is -2.22. The van der Waals surface area contributed by atoms with E-state index in [9.17, 15) is 10.1 Å². The van der Waals surface area contributed by atoms with Gasteiger partial charge in [-0.2, -0.15) is 0 Å². The molecule has 1 saturated heterocycles. The molecule has 0 amide bonds. The van der Waals surface area contributed by atoms with Gasteiger partial charge in [-0.3, -0.25) is 15.1 Å². The minimum Gasteiger partial charge on any atom is -0.375 e. The second-order valence-corrected chi connectivity index (χ2v) is 5.35. The van der Waals surface area contributed by atoms with Crippen LogP contribution in [0.1, 0.15) is 29.7 Å². The van der Waals surface area contributed by atoms with E-state index in [0.29, 0.717) is 36.0 Å². The minimum atomic E-state index is -0.346. The van der Waals surface area contributed by atoms with E-state index >= 15 is 0 Å². The van der Waals surface area contributed by atoms with Gasteiger partial charge in [0.25, 0.3) is 5.69 Å². The Hall–Kier alpha value is -1.53. The Kier molecular flexibility index (Phi) is 5.03. The zero-order chi connectivity index (χ0) is 14.5. The quantitative estimate of drug-likeness (QED) is 0.660. The van der Waals surface area contributed by atoms with Crippen molar-refractivity contribution in [2.24, 2.45) is 5.92 Å². The van der Waals surface area contributed by atoms with Gasteiger partial charge in [-0.1, -0.05) is 0 Å². The number of rotatable bonds is 5. The summed E-state index contributed by atoms with van der Waals surface area (Å²) in [6.07, 6.45) is 3.90. The third-order valence-corrected chi connectivity index (χ3v) is 3.75. The van der Waals surface area contributed by atoms with Gasteiger partial charge in [0.15, 0.2) is 0 Å². The Morgan fingerprint density at radius 1 is 1.55 bits per heavy atom. The Morgan fingerprint density at radius 2 is 2.35 bits per heavy atom. The van der Waals surface area contributed by atoms with Crippen LogP contribution in [0, 0.1) is 29.9 Å². The van der Waals surface area contributed by atoms with Gasteiger partial charge in [0.2, 0.25) is 0 Å². The number of aryl methyl sites for hydroxylation is 1. The van der Waals surface area contributed by atoms with E-state index in [-0.39, 0.29) is 10.6 Å². The molecule has 2 heterocycles. The molecule has 0 radical (unpaired) electrons. The highest BCUT2D eigenvalue weighted by Gasteiger charge is 2.19. The maximum absolute atomic E-state index is 11.0. The number of nitrogens with one attached hydrogen (secondary N) is 1. The first-order valence-electron chi connectivity index (χ1n) is 6.97. The number of hydrogen-bond acceptors (Lipinski definition) is 5. The summed E-state index contributed by atoms with van der Waals surface area (Å²) in [5.41, 5.74) is 2.01. The van der Waals surface area contributed by atoms with Crippen LogP contribution in [0.25, 0.3) is 0 Å². The van der Waals surface area contributed by atoms with Crippen molar-refractivity contribution in [1.82, 2.24) is 10.3 Å².